The van der Waals surface area contributed by atoms with Crippen LogP contribution >= 0.6 is 11.3 Å². The van der Waals surface area contributed by atoms with E-state index in [0.717, 1.165) is 5.56 Å². The molecule has 3 aromatic rings. The van der Waals surface area contributed by atoms with Crippen LogP contribution < -0.4 is 10.6 Å². The molecule has 3 heterocycles. The Balaban J connectivity index is 1.38. The van der Waals surface area contributed by atoms with E-state index in [9.17, 15) is 14.4 Å². The fourth-order valence-electron chi connectivity index (χ4n) is 3.92. The lowest BCUT2D eigenvalue weighted by molar-refractivity contribution is -0.136. The van der Waals surface area contributed by atoms with Crippen molar-refractivity contribution in [3.63, 3.8) is 0 Å². The third kappa shape index (κ3) is 5.87. The van der Waals surface area contributed by atoms with Crippen molar-refractivity contribution in [1.29, 1.82) is 0 Å². The van der Waals surface area contributed by atoms with Crippen LogP contribution in [0, 0.1) is 12.8 Å². The van der Waals surface area contributed by atoms with Crippen molar-refractivity contribution < 1.29 is 18.9 Å². The minimum absolute atomic E-state index is 0.123. The maximum atomic E-state index is 13.4. The van der Waals surface area contributed by atoms with E-state index in [-0.39, 0.29) is 23.6 Å². The molecule has 172 valence electrons. The quantitative estimate of drug-likeness (QED) is 0.556. The molecule has 0 spiro atoms. The number of rotatable bonds is 7. The summed E-state index contributed by atoms with van der Waals surface area (Å²) in [5.74, 6) is 0.308. The second-order valence-corrected chi connectivity index (χ2v) is 9.05. The molecular weight excluding hydrogens is 440 g/mol. The fourth-order valence-corrected chi connectivity index (χ4v) is 4.55. The number of amides is 3. The summed E-state index contributed by atoms with van der Waals surface area (Å²) in [6.07, 6.45) is 1.50. The molecule has 1 aliphatic heterocycles. The number of aromatic nitrogens is 1. The highest BCUT2D eigenvalue weighted by atomic mass is 32.1. The van der Waals surface area contributed by atoms with Gasteiger partial charge in [-0.05, 0) is 36.8 Å². The summed E-state index contributed by atoms with van der Waals surface area (Å²) in [5, 5.41) is 11.3. The molecule has 0 aliphatic carbocycles. The Hall–Kier alpha value is -3.46. The monoisotopic (exact) mass is 466 g/mol. The van der Waals surface area contributed by atoms with Crippen LogP contribution in [0.25, 0.3) is 0 Å². The Morgan fingerprint density at radius 1 is 1.15 bits per heavy atom. The maximum absolute atomic E-state index is 13.4. The van der Waals surface area contributed by atoms with Gasteiger partial charge >= 0.3 is 0 Å². The van der Waals surface area contributed by atoms with Crippen LogP contribution in [0.2, 0.25) is 0 Å². The largest absolute Gasteiger partial charge is 0.360 e. The van der Waals surface area contributed by atoms with Crippen molar-refractivity contribution in [3.05, 3.63) is 70.1 Å². The first-order valence-electron chi connectivity index (χ1n) is 10.9. The van der Waals surface area contributed by atoms with Gasteiger partial charge in [0.15, 0.2) is 5.82 Å². The molecule has 0 bridgehead atoms. The smallest absolute Gasteiger partial charge is 0.262 e. The molecule has 0 radical (unpaired) electrons. The minimum Gasteiger partial charge on any atom is -0.360 e. The third-order valence-corrected chi connectivity index (χ3v) is 6.56. The number of hydrogen-bond acceptors (Lipinski definition) is 6. The van der Waals surface area contributed by atoms with Crippen molar-refractivity contribution in [2.24, 2.45) is 5.92 Å². The number of benzene rings is 1. The summed E-state index contributed by atoms with van der Waals surface area (Å²) in [5.41, 5.74) is 0.972. The van der Waals surface area contributed by atoms with Crippen LogP contribution in [-0.4, -0.2) is 46.9 Å². The first-order valence-corrected chi connectivity index (χ1v) is 11.8. The summed E-state index contributed by atoms with van der Waals surface area (Å²) >= 11 is 1.34. The van der Waals surface area contributed by atoms with Gasteiger partial charge in [-0.2, -0.15) is 0 Å². The van der Waals surface area contributed by atoms with E-state index in [1.165, 1.54) is 11.3 Å². The number of nitrogens with zero attached hydrogens (tertiary/aromatic N) is 2. The first-order chi connectivity index (χ1) is 16.0. The Morgan fingerprint density at radius 2 is 1.91 bits per heavy atom. The van der Waals surface area contributed by atoms with E-state index >= 15 is 0 Å². The van der Waals surface area contributed by atoms with Crippen LogP contribution in [0.4, 0.5) is 5.82 Å². The topological polar surface area (TPSA) is 105 Å². The highest BCUT2D eigenvalue weighted by molar-refractivity contribution is 7.12. The summed E-state index contributed by atoms with van der Waals surface area (Å²) in [6, 6.07) is 14.2. The number of likely N-dealkylation sites (tertiary alicyclic amines) is 1. The lowest BCUT2D eigenvalue weighted by Gasteiger charge is -2.34. The van der Waals surface area contributed by atoms with Gasteiger partial charge in [0.25, 0.3) is 5.91 Å². The maximum Gasteiger partial charge on any atom is 0.262 e. The number of thiophene rings is 1. The normalized spacial score (nSPS) is 15.1. The molecule has 8 nitrogen and oxygen atoms in total. The summed E-state index contributed by atoms with van der Waals surface area (Å²) in [4.78, 5) is 40.9. The average molecular weight is 467 g/mol. The second-order valence-electron chi connectivity index (χ2n) is 8.10. The van der Waals surface area contributed by atoms with Gasteiger partial charge < -0.3 is 20.1 Å². The van der Waals surface area contributed by atoms with Crippen LogP contribution in [0.5, 0.6) is 0 Å². The molecule has 3 amide bonds. The van der Waals surface area contributed by atoms with Crippen LogP contribution in [0.1, 0.15) is 33.8 Å². The van der Waals surface area contributed by atoms with Gasteiger partial charge in [-0.25, -0.2) is 0 Å². The van der Waals surface area contributed by atoms with E-state index in [4.69, 9.17) is 4.52 Å². The number of carbonyl (C=O) groups is 3. The van der Waals surface area contributed by atoms with Crippen molar-refractivity contribution in [2.75, 3.05) is 18.4 Å². The molecule has 1 aliphatic rings. The standard InChI is InChI=1S/C24H26N4O4S/c1-16-14-21(27-32-16)26-22(29)18-9-11-28(12-10-18)24(31)19(15-17-6-3-2-4-7-17)25-23(30)20-8-5-13-33-20/h2-8,13-14,18-19H,9-12,15H2,1H3,(H,25,30)(H,26,27,29). The molecular formula is C24H26N4O4S. The van der Waals surface area contributed by atoms with Crippen molar-refractivity contribution in [2.45, 2.75) is 32.2 Å². The molecule has 2 aromatic heterocycles. The highest BCUT2D eigenvalue weighted by Crippen LogP contribution is 2.21. The average Bonchev–Trinajstić information content (AvgIpc) is 3.51. The number of anilines is 1. The van der Waals surface area contributed by atoms with Crippen molar-refractivity contribution in [3.8, 4) is 0 Å². The summed E-state index contributed by atoms with van der Waals surface area (Å²) in [6.45, 7) is 2.67. The SMILES string of the molecule is Cc1cc(NC(=O)C2CCN(C(=O)C(Cc3ccccc3)NC(=O)c3cccs3)CC2)no1. The number of nitrogens with one attached hydrogen (secondary N) is 2. The lowest BCUT2D eigenvalue weighted by Crippen LogP contribution is -2.52. The number of hydrogen-bond donors (Lipinski definition) is 2. The molecule has 1 saturated heterocycles. The number of carbonyl (C=O) groups excluding carboxylic acids is 3. The zero-order valence-electron chi connectivity index (χ0n) is 18.3. The predicted octanol–water partition coefficient (Wildman–Crippen LogP) is 3.26. The number of aryl methyl sites for hydroxylation is 1. The van der Waals surface area contributed by atoms with E-state index in [1.54, 1.807) is 24.0 Å². The minimum atomic E-state index is -0.675. The second kappa shape index (κ2) is 10.4. The molecule has 2 N–H and O–H groups in total. The first kappa shape index (κ1) is 22.7. The van der Waals surface area contributed by atoms with Gasteiger partial charge in [-0.3, -0.25) is 14.4 Å². The fraction of sp³-hybridized carbons (Fsp3) is 0.333. The Kier molecular flexibility index (Phi) is 7.19. The third-order valence-electron chi connectivity index (χ3n) is 5.69. The van der Waals surface area contributed by atoms with Gasteiger partial charge in [-0.1, -0.05) is 41.6 Å². The van der Waals surface area contributed by atoms with Crippen molar-refractivity contribution >= 4 is 34.9 Å². The summed E-state index contributed by atoms with van der Waals surface area (Å²) in [7, 11) is 0. The van der Waals surface area contributed by atoms with Gasteiger partial charge in [0.1, 0.15) is 11.8 Å². The van der Waals surface area contributed by atoms with E-state index < -0.39 is 6.04 Å². The highest BCUT2D eigenvalue weighted by Gasteiger charge is 2.32. The predicted molar refractivity (Wildman–Crippen MR) is 125 cm³/mol. The Labute approximate surface area is 196 Å². The summed E-state index contributed by atoms with van der Waals surface area (Å²) < 4.78 is 4.98. The van der Waals surface area contributed by atoms with Gasteiger partial charge in [0.2, 0.25) is 11.8 Å². The van der Waals surface area contributed by atoms with E-state index in [2.05, 4.69) is 15.8 Å². The molecule has 1 unspecified atom stereocenters. The molecule has 0 saturated carbocycles. The lowest BCUT2D eigenvalue weighted by atomic mass is 9.94. The molecule has 1 atom stereocenters. The van der Waals surface area contributed by atoms with Gasteiger partial charge in [0.05, 0.1) is 4.88 Å². The van der Waals surface area contributed by atoms with Gasteiger partial charge in [-0.15, -0.1) is 11.3 Å². The van der Waals surface area contributed by atoms with Gasteiger partial charge in [0, 0.05) is 31.5 Å². The van der Waals surface area contributed by atoms with Crippen molar-refractivity contribution in [1.82, 2.24) is 15.4 Å². The van der Waals surface area contributed by atoms with Crippen LogP contribution in [0.3, 0.4) is 0 Å². The van der Waals surface area contributed by atoms with Crippen LogP contribution in [0.15, 0.2) is 58.4 Å². The molecule has 4 rings (SSSR count). The molecule has 1 fully saturated rings. The Morgan fingerprint density at radius 3 is 2.55 bits per heavy atom. The molecule has 1 aromatic carbocycles. The van der Waals surface area contributed by atoms with Crippen LogP contribution in [-0.2, 0) is 16.0 Å². The van der Waals surface area contributed by atoms with E-state index in [0.29, 0.717) is 48.8 Å². The Bertz CT molecular complexity index is 1090. The zero-order valence-corrected chi connectivity index (χ0v) is 19.1. The molecule has 9 heteroatoms. The van der Waals surface area contributed by atoms with E-state index in [1.807, 2.05) is 41.8 Å². The molecule has 33 heavy (non-hydrogen) atoms. The number of piperidine rings is 1. The zero-order chi connectivity index (χ0) is 23.2.